The van der Waals surface area contributed by atoms with E-state index in [9.17, 15) is 0 Å². The maximum Gasteiger partial charge on any atom is 0.0569 e. The molecule has 0 aromatic carbocycles. The predicted molar refractivity (Wildman–Crippen MR) is 55.5 cm³/mol. The molecule has 0 saturated carbocycles. The number of nitrogens with zero attached hydrogens (tertiary/aromatic N) is 1. The first-order chi connectivity index (χ1) is 5.76. The molecule has 0 aromatic rings. The molecular weight excluding hydrogens is 148 g/mol. The highest BCUT2D eigenvalue weighted by atomic mass is 14.9. The molecule has 0 aliphatic heterocycles. The minimum Gasteiger partial charge on any atom is -0.312 e. The first-order valence-corrected chi connectivity index (χ1v) is 3.91. The molecule has 2 nitrogen and oxygen atoms in total. The van der Waals surface area contributed by atoms with Crippen LogP contribution in [0.5, 0.6) is 0 Å². The minimum atomic E-state index is 0.235. The van der Waals surface area contributed by atoms with Gasteiger partial charge in [0.05, 0.1) is 5.71 Å². The number of aliphatic imine (C=N–C) groups is 1. The Labute approximate surface area is 74.4 Å². The van der Waals surface area contributed by atoms with Crippen molar-refractivity contribution in [2.75, 3.05) is 7.05 Å². The Morgan fingerprint density at radius 3 is 2.58 bits per heavy atom. The van der Waals surface area contributed by atoms with Gasteiger partial charge in [0, 0.05) is 12.2 Å². The number of hydrogen-bond donors (Lipinski definition) is 1. The van der Waals surface area contributed by atoms with Gasteiger partial charge in [-0.15, -0.1) is 0 Å². The van der Waals surface area contributed by atoms with Crippen molar-refractivity contribution in [2.45, 2.75) is 13.0 Å². The van der Waals surface area contributed by atoms with Crippen molar-refractivity contribution in [3.05, 3.63) is 37.6 Å². The molecule has 0 heterocycles. The second-order valence-corrected chi connectivity index (χ2v) is 2.34. The summed E-state index contributed by atoms with van der Waals surface area (Å²) < 4.78 is 0. The Morgan fingerprint density at radius 1 is 1.50 bits per heavy atom. The summed E-state index contributed by atoms with van der Waals surface area (Å²) in [5.74, 6) is 0. The van der Waals surface area contributed by atoms with Gasteiger partial charge < -0.3 is 5.32 Å². The standard InChI is InChI=1S/C10H16N2/c1-5-7-8-10(12-6-2)9(3)11-4/h5-9,11H,1-2H2,3-4H3/b8-7-,12-10?. The molecule has 0 aliphatic rings. The molecule has 0 bridgehead atoms. The van der Waals surface area contributed by atoms with E-state index >= 15 is 0 Å². The van der Waals surface area contributed by atoms with E-state index in [4.69, 9.17) is 0 Å². The molecule has 0 amide bonds. The van der Waals surface area contributed by atoms with Crippen LogP contribution in [0.15, 0.2) is 42.6 Å². The zero-order chi connectivity index (χ0) is 9.40. The van der Waals surface area contributed by atoms with E-state index < -0.39 is 0 Å². The average molecular weight is 164 g/mol. The highest BCUT2D eigenvalue weighted by molar-refractivity contribution is 5.99. The molecule has 1 unspecified atom stereocenters. The third-order valence-corrected chi connectivity index (χ3v) is 1.52. The summed E-state index contributed by atoms with van der Waals surface area (Å²) in [4.78, 5) is 4.12. The number of hydrogen-bond acceptors (Lipinski definition) is 2. The van der Waals surface area contributed by atoms with Crippen LogP contribution >= 0.6 is 0 Å². The highest BCUT2D eigenvalue weighted by Crippen LogP contribution is 1.91. The molecule has 0 aromatic heterocycles. The number of nitrogens with one attached hydrogen (secondary N) is 1. The maximum absolute atomic E-state index is 4.12. The van der Waals surface area contributed by atoms with Crippen molar-refractivity contribution in [1.29, 1.82) is 0 Å². The van der Waals surface area contributed by atoms with Gasteiger partial charge in [0.25, 0.3) is 0 Å². The van der Waals surface area contributed by atoms with Crippen LogP contribution in [-0.4, -0.2) is 18.8 Å². The maximum atomic E-state index is 4.12. The lowest BCUT2D eigenvalue weighted by molar-refractivity contribution is 0.765. The first kappa shape index (κ1) is 10.8. The molecule has 1 N–H and O–H groups in total. The Morgan fingerprint density at radius 2 is 2.17 bits per heavy atom. The van der Waals surface area contributed by atoms with Gasteiger partial charge in [0.15, 0.2) is 0 Å². The predicted octanol–water partition coefficient (Wildman–Crippen LogP) is 1.92. The van der Waals surface area contributed by atoms with Gasteiger partial charge in [-0.25, -0.2) is 0 Å². The summed E-state index contributed by atoms with van der Waals surface area (Å²) in [6.07, 6.45) is 7.03. The third kappa shape index (κ3) is 3.88. The quantitative estimate of drug-likeness (QED) is 0.487. The Balaban J connectivity index is 4.42. The van der Waals surface area contributed by atoms with Gasteiger partial charge in [0.2, 0.25) is 0 Å². The van der Waals surface area contributed by atoms with Gasteiger partial charge >= 0.3 is 0 Å². The zero-order valence-electron chi connectivity index (χ0n) is 7.75. The largest absolute Gasteiger partial charge is 0.312 e. The summed E-state index contributed by atoms with van der Waals surface area (Å²) in [7, 11) is 1.89. The van der Waals surface area contributed by atoms with E-state index in [0.717, 1.165) is 5.71 Å². The van der Waals surface area contributed by atoms with E-state index in [-0.39, 0.29) is 6.04 Å². The molecule has 12 heavy (non-hydrogen) atoms. The highest BCUT2D eigenvalue weighted by Gasteiger charge is 2.01. The fraction of sp³-hybridized carbons (Fsp3) is 0.300. The van der Waals surface area contributed by atoms with E-state index in [2.05, 4.69) is 23.5 Å². The topological polar surface area (TPSA) is 24.4 Å². The number of allylic oxidation sites excluding steroid dienone is 2. The lowest BCUT2D eigenvalue weighted by Gasteiger charge is -2.08. The van der Waals surface area contributed by atoms with Crippen molar-refractivity contribution >= 4 is 5.71 Å². The fourth-order valence-electron chi connectivity index (χ4n) is 0.719. The van der Waals surface area contributed by atoms with Gasteiger partial charge in [-0.1, -0.05) is 25.3 Å². The smallest absolute Gasteiger partial charge is 0.0569 e. The molecule has 0 saturated heterocycles. The zero-order valence-corrected chi connectivity index (χ0v) is 7.75. The van der Waals surface area contributed by atoms with Crippen LogP contribution in [-0.2, 0) is 0 Å². The molecular formula is C10H16N2. The minimum absolute atomic E-state index is 0.235. The van der Waals surface area contributed by atoms with Crippen molar-refractivity contribution < 1.29 is 0 Å². The number of rotatable bonds is 5. The second kappa shape index (κ2) is 6.55. The Hall–Kier alpha value is -1.15. The molecule has 1 atom stereocenters. The monoisotopic (exact) mass is 164 g/mol. The first-order valence-electron chi connectivity index (χ1n) is 3.91. The third-order valence-electron chi connectivity index (χ3n) is 1.52. The van der Waals surface area contributed by atoms with Gasteiger partial charge in [-0.05, 0) is 20.0 Å². The SMILES string of the molecule is C=C/C=C\C(=NC=C)C(C)NC. The fourth-order valence-corrected chi connectivity index (χ4v) is 0.719. The van der Waals surface area contributed by atoms with Crippen LogP contribution in [0.1, 0.15) is 6.92 Å². The van der Waals surface area contributed by atoms with Crippen LogP contribution in [0.3, 0.4) is 0 Å². The molecule has 66 valence electrons. The lowest BCUT2D eigenvalue weighted by Crippen LogP contribution is -2.29. The van der Waals surface area contributed by atoms with Gasteiger partial charge in [-0.3, -0.25) is 4.99 Å². The summed E-state index contributed by atoms with van der Waals surface area (Å²) in [6.45, 7) is 9.18. The van der Waals surface area contributed by atoms with Crippen molar-refractivity contribution in [3.63, 3.8) is 0 Å². The van der Waals surface area contributed by atoms with Gasteiger partial charge in [0.1, 0.15) is 0 Å². The molecule has 2 heteroatoms. The van der Waals surface area contributed by atoms with E-state index in [1.54, 1.807) is 6.08 Å². The summed E-state index contributed by atoms with van der Waals surface area (Å²) >= 11 is 0. The Bertz CT molecular complexity index is 202. The van der Waals surface area contributed by atoms with E-state index in [0.29, 0.717) is 0 Å². The molecule has 0 rings (SSSR count). The van der Waals surface area contributed by atoms with Crippen LogP contribution in [0, 0.1) is 0 Å². The van der Waals surface area contributed by atoms with E-state index in [1.807, 2.05) is 26.1 Å². The molecule has 0 spiro atoms. The lowest BCUT2D eigenvalue weighted by atomic mass is 10.2. The average Bonchev–Trinajstić information content (AvgIpc) is 2.11. The van der Waals surface area contributed by atoms with Crippen molar-refractivity contribution in [2.24, 2.45) is 4.99 Å². The van der Waals surface area contributed by atoms with Crippen LogP contribution < -0.4 is 5.32 Å². The Kier molecular flexibility index (Phi) is 5.93. The summed E-state index contributed by atoms with van der Waals surface area (Å²) in [6, 6.07) is 0.235. The van der Waals surface area contributed by atoms with Crippen molar-refractivity contribution in [1.82, 2.24) is 5.32 Å². The summed E-state index contributed by atoms with van der Waals surface area (Å²) in [5, 5.41) is 3.09. The van der Waals surface area contributed by atoms with Crippen LogP contribution in [0.2, 0.25) is 0 Å². The van der Waals surface area contributed by atoms with Crippen LogP contribution in [0.25, 0.3) is 0 Å². The molecule has 0 radical (unpaired) electrons. The molecule has 0 aliphatic carbocycles. The van der Waals surface area contributed by atoms with E-state index in [1.165, 1.54) is 6.20 Å². The molecule has 0 fully saturated rings. The van der Waals surface area contributed by atoms with Crippen molar-refractivity contribution in [3.8, 4) is 0 Å². The summed E-state index contributed by atoms with van der Waals surface area (Å²) in [5.41, 5.74) is 0.951. The van der Waals surface area contributed by atoms with Crippen LogP contribution in [0.4, 0.5) is 0 Å². The second-order valence-electron chi connectivity index (χ2n) is 2.34. The normalized spacial score (nSPS) is 14.7. The van der Waals surface area contributed by atoms with Gasteiger partial charge in [-0.2, -0.15) is 0 Å².